The van der Waals surface area contributed by atoms with Gasteiger partial charge in [0.1, 0.15) is 0 Å². The first-order valence-corrected chi connectivity index (χ1v) is 10.9. The average Bonchev–Trinajstić information content (AvgIpc) is 2.25. The molecule has 1 nitrogen and oxygen atoms in total. The van der Waals surface area contributed by atoms with Crippen LogP contribution in [0.1, 0.15) is 39.7 Å². The van der Waals surface area contributed by atoms with E-state index in [1.54, 1.807) is 0 Å². The monoisotopic (exact) mass is 290 g/mol. The molecule has 1 aromatic carbocycles. The third kappa shape index (κ3) is 3.83. The van der Waals surface area contributed by atoms with E-state index in [9.17, 15) is 5.11 Å². The van der Waals surface area contributed by atoms with Crippen molar-refractivity contribution >= 4 is 18.8 Å². The van der Waals surface area contributed by atoms with Crippen LogP contribution in [0.4, 0.5) is 0 Å². The zero-order valence-corrected chi connectivity index (χ0v) is 15.2. The lowest BCUT2D eigenvalue weighted by atomic mass is 9.74. The molecule has 0 fully saturated rings. The van der Waals surface area contributed by atoms with Crippen LogP contribution in [0, 0.1) is 5.41 Å². The van der Waals surface area contributed by atoms with E-state index in [-0.39, 0.29) is 5.41 Å². The minimum absolute atomic E-state index is 0.163. The van der Waals surface area contributed by atoms with E-state index >= 15 is 0 Å². The van der Waals surface area contributed by atoms with Crippen LogP contribution in [-0.2, 0) is 0 Å². The minimum atomic E-state index is -1.40. The highest BCUT2D eigenvalue weighted by atomic mass is 28.3. The first-order chi connectivity index (χ1) is 8.86. The molecule has 1 aromatic rings. The largest absolute Gasteiger partial charge is 0.389 e. The van der Waals surface area contributed by atoms with Crippen molar-refractivity contribution in [2.45, 2.75) is 59.4 Å². The molecule has 20 heavy (non-hydrogen) atoms. The predicted octanol–water partition coefficient (Wildman–Crippen LogP) is 4.43. The van der Waals surface area contributed by atoms with Crippen LogP contribution < -0.4 is 5.19 Å². The molecule has 1 atom stereocenters. The summed E-state index contributed by atoms with van der Waals surface area (Å²) in [6.45, 7) is 19.4. The molecule has 0 spiro atoms. The highest BCUT2D eigenvalue weighted by Gasteiger charge is 2.36. The van der Waals surface area contributed by atoms with E-state index in [2.05, 4.69) is 71.3 Å². The minimum Gasteiger partial charge on any atom is -0.389 e. The number of aliphatic hydroxyl groups is 1. The summed E-state index contributed by atoms with van der Waals surface area (Å²) >= 11 is 0. The van der Waals surface area contributed by atoms with E-state index < -0.39 is 13.7 Å². The molecule has 112 valence electrons. The van der Waals surface area contributed by atoms with Crippen LogP contribution in [0.25, 0.3) is 5.57 Å². The van der Waals surface area contributed by atoms with Crippen molar-refractivity contribution in [3.63, 3.8) is 0 Å². The van der Waals surface area contributed by atoms with Gasteiger partial charge in [-0.25, -0.2) is 0 Å². The van der Waals surface area contributed by atoms with Gasteiger partial charge in [0, 0.05) is 6.42 Å². The van der Waals surface area contributed by atoms with Crippen molar-refractivity contribution in [3.8, 4) is 0 Å². The molecule has 1 rings (SSSR count). The molecule has 0 radical (unpaired) electrons. The Hall–Kier alpha value is -0.863. The Morgan fingerprint density at radius 1 is 1.10 bits per heavy atom. The molecule has 0 aromatic heterocycles. The molecule has 0 aliphatic rings. The van der Waals surface area contributed by atoms with Crippen LogP contribution in [0.2, 0.25) is 19.6 Å². The van der Waals surface area contributed by atoms with E-state index in [0.29, 0.717) is 6.42 Å². The second kappa shape index (κ2) is 5.49. The van der Waals surface area contributed by atoms with Crippen molar-refractivity contribution in [2.24, 2.45) is 5.41 Å². The van der Waals surface area contributed by atoms with E-state index in [1.807, 2.05) is 6.92 Å². The van der Waals surface area contributed by atoms with E-state index in [0.717, 1.165) is 5.57 Å². The van der Waals surface area contributed by atoms with Crippen molar-refractivity contribution < 1.29 is 5.11 Å². The third-order valence-corrected chi connectivity index (χ3v) is 6.34. The van der Waals surface area contributed by atoms with Crippen LogP contribution in [-0.4, -0.2) is 18.8 Å². The molecular weight excluding hydrogens is 260 g/mol. The lowest BCUT2D eigenvalue weighted by molar-refractivity contribution is -0.0362. The summed E-state index contributed by atoms with van der Waals surface area (Å²) in [5.41, 5.74) is 1.36. The molecule has 0 heterocycles. The molecular formula is C18H30OSi. The van der Waals surface area contributed by atoms with Gasteiger partial charge in [-0.2, -0.15) is 0 Å². The number of benzene rings is 1. The van der Waals surface area contributed by atoms with Gasteiger partial charge in [-0.15, -0.1) is 0 Å². The fraction of sp³-hybridized carbons (Fsp3) is 0.556. The number of rotatable bonds is 4. The standard InChI is InChI=1S/C18H30OSi/c1-14(13-18(5,19)17(2,3)4)15-11-9-10-12-16(15)20(6,7)8/h9-12,19H,1,13H2,2-8H3. The molecule has 0 aliphatic heterocycles. The summed E-state index contributed by atoms with van der Waals surface area (Å²) < 4.78 is 0. The molecule has 1 unspecified atom stereocenters. The summed E-state index contributed by atoms with van der Waals surface area (Å²) in [7, 11) is -1.40. The van der Waals surface area contributed by atoms with Gasteiger partial charge in [0.2, 0.25) is 0 Å². The molecule has 0 saturated carbocycles. The Kier molecular flexibility index (Phi) is 4.72. The Labute approximate surface area is 125 Å². The van der Waals surface area contributed by atoms with Crippen molar-refractivity contribution in [2.75, 3.05) is 0 Å². The normalized spacial score (nSPS) is 15.8. The SMILES string of the molecule is C=C(CC(C)(O)C(C)(C)C)c1ccccc1[Si](C)(C)C. The maximum atomic E-state index is 10.7. The second-order valence-corrected chi connectivity index (χ2v) is 13.1. The zero-order chi connectivity index (χ0) is 15.8. The van der Waals surface area contributed by atoms with Gasteiger partial charge in [0.25, 0.3) is 0 Å². The van der Waals surface area contributed by atoms with Gasteiger partial charge < -0.3 is 5.11 Å². The first kappa shape index (κ1) is 17.2. The lowest BCUT2D eigenvalue weighted by Crippen LogP contribution is -2.42. The Morgan fingerprint density at radius 3 is 2.05 bits per heavy atom. The van der Waals surface area contributed by atoms with Gasteiger partial charge >= 0.3 is 0 Å². The average molecular weight is 291 g/mol. The summed E-state index contributed by atoms with van der Waals surface area (Å²) in [6, 6.07) is 8.54. The van der Waals surface area contributed by atoms with Crippen LogP contribution in [0.5, 0.6) is 0 Å². The Balaban J connectivity index is 3.12. The fourth-order valence-electron chi connectivity index (χ4n) is 2.22. The summed E-state index contributed by atoms with van der Waals surface area (Å²) in [5, 5.41) is 12.2. The maximum Gasteiger partial charge on any atom is 0.0783 e. The van der Waals surface area contributed by atoms with Crippen molar-refractivity contribution in [1.29, 1.82) is 0 Å². The second-order valence-electron chi connectivity index (χ2n) is 8.10. The molecule has 0 amide bonds. The fourth-order valence-corrected chi connectivity index (χ4v) is 3.89. The van der Waals surface area contributed by atoms with Crippen LogP contribution in [0.15, 0.2) is 30.8 Å². The molecule has 0 saturated heterocycles. The van der Waals surface area contributed by atoms with Gasteiger partial charge in [-0.1, -0.05) is 76.4 Å². The van der Waals surface area contributed by atoms with Gasteiger partial charge in [0.15, 0.2) is 0 Å². The summed E-state index contributed by atoms with van der Waals surface area (Å²) in [4.78, 5) is 0. The van der Waals surface area contributed by atoms with Gasteiger partial charge in [-0.3, -0.25) is 0 Å². The molecule has 0 aliphatic carbocycles. The van der Waals surface area contributed by atoms with Gasteiger partial charge in [-0.05, 0) is 23.5 Å². The smallest absolute Gasteiger partial charge is 0.0783 e. The molecule has 1 N–H and O–H groups in total. The summed E-state index contributed by atoms with van der Waals surface area (Å²) in [6.07, 6.45) is 0.609. The molecule has 2 heteroatoms. The van der Waals surface area contributed by atoms with E-state index in [1.165, 1.54) is 10.8 Å². The Morgan fingerprint density at radius 2 is 1.60 bits per heavy atom. The first-order valence-electron chi connectivity index (χ1n) is 7.36. The van der Waals surface area contributed by atoms with Crippen molar-refractivity contribution in [1.82, 2.24) is 0 Å². The third-order valence-electron chi connectivity index (χ3n) is 4.29. The van der Waals surface area contributed by atoms with Gasteiger partial charge in [0.05, 0.1) is 13.7 Å². The lowest BCUT2D eigenvalue weighted by Gasteiger charge is -2.38. The van der Waals surface area contributed by atoms with Crippen LogP contribution >= 0.6 is 0 Å². The van der Waals surface area contributed by atoms with Crippen molar-refractivity contribution in [3.05, 3.63) is 36.4 Å². The topological polar surface area (TPSA) is 20.2 Å². The number of hydrogen-bond acceptors (Lipinski definition) is 1. The zero-order valence-electron chi connectivity index (χ0n) is 14.2. The quantitative estimate of drug-likeness (QED) is 0.813. The maximum absolute atomic E-state index is 10.7. The highest BCUT2D eigenvalue weighted by Crippen LogP contribution is 2.37. The predicted molar refractivity (Wildman–Crippen MR) is 93.2 cm³/mol. The van der Waals surface area contributed by atoms with E-state index in [4.69, 9.17) is 0 Å². The summed E-state index contributed by atoms with van der Waals surface area (Å²) in [5.74, 6) is 0. The highest BCUT2D eigenvalue weighted by molar-refractivity contribution is 6.89. The Bertz CT molecular complexity index is 487. The number of hydrogen-bond donors (Lipinski definition) is 1. The van der Waals surface area contributed by atoms with Crippen LogP contribution in [0.3, 0.4) is 0 Å². The molecule has 0 bridgehead atoms.